The molecular formula is C16H25FN4O2. The zero-order valence-corrected chi connectivity index (χ0v) is 14.3. The van der Waals surface area contributed by atoms with Crippen LogP contribution in [0.5, 0.6) is 0 Å². The van der Waals surface area contributed by atoms with E-state index in [0.29, 0.717) is 19.0 Å². The van der Waals surface area contributed by atoms with Gasteiger partial charge in [0.05, 0.1) is 18.4 Å². The molecule has 0 aliphatic carbocycles. The van der Waals surface area contributed by atoms with Crippen molar-refractivity contribution in [1.82, 2.24) is 14.9 Å². The summed E-state index contributed by atoms with van der Waals surface area (Å²) in [6, 6.07) is 0.0391. The Morgan fingerprint density at radius 1 is 1.39 bits per heavy atom. The summed E-state index contributed by atoms with van der Waals surface area (Å²) in [7, 11) is 1.84. The lowest BCUT2D eigenvalue weighted by molar-refractivity contribution is 0.0108. The molecule has 7 heteroatoms. The predicted molar refractivity (Wildman–Crippen MR) is 85.8 cm³/mol. The highest BCUT2D eigenvalue weighted by Crippen LogP contribution is 2.21. The molecule has 0 N–H and O–H groups in total. The number of halogens is 1. The fourth-order valence-electron chi connectivity index (χ4n) is 2.65. The molecular weight excluding hydrogens is 299 g/mol. The van der Waals surface area contributed by atoms with E-state index in [1.807, 2.05) is 32.7 Å². The number of carbonyl (C=O) groups is 1. The second-order valence-corrected chi connectivity index (χ2v) is 6.91. The number of ether oxygens (including phenoxy) is 1. The minimum atomic E-state index is -0.509. The van der Waals surface area contributed by atoms with E-state index in [-0.39, 0.29) is 12.1 Å². The van der Waals surface area contributed by atoms with Crippen LogP contribution in [0.3, 0.4) is 0 Å². The molecule has 1 aliphatic rings. The average molecular weight is 324 g/mol. The van der Waals surface area contributed by atoms with Crippen LogP contribution in [0.2, 0.25) is 0 Å². The maximum Gasteiger partial charge on any atom is 0.410 e. The van der Waals surface area contributed by atoms with Crippen molar-refractivity contribution in [1.29, 1.82) is 0 Å². The van der Waals surface area contributed by atoms with Crippen LogP contribution in [0.1, 0.15) is 40.0 Å². The van der Waals surface area contributed by atoms with Gasteiger partial charge >= 0.3 is 6.09 Å². The van der Waals surface area contributed by atoms with Crippen molar-refractivity contribution in [3.05, 3.63) is 18.2 Å². The van der Waals surface area contributed by atoms with Gasteiger partial charge in [-0.05, 0) is 40.0 Å². The van der Waals surface area contributed by atoms with E-state index in [0.717, 1.165) is 31.7 Å². The fourth-order valence-corrected chi connectivity index (χ4v) is 2.65. The second kappa shape index (κ2) is 7.10. The van der Waals surface area contributed by atoms with Gasteiger partial charge in [0.1, 0.15) is 5.60 Å². The van der Waals surface area contributed by atoms with Gasteiger partial charge in [-0.1, -0.05) is 0 Å². The molecule has 0 saturated carbocycles. The molecule has 1 atom stereocenters. The van der Waals surface area contributed by atoms with Gasteiger partial charge in [0.25, 0.3) is 0 Å². The Bertz CT molecular complexity index is 530. The smallest absolute Gasteiger partial charge is 0.410 e. The van der Waals surface area contributed by atoms with Crippen molar-refractivity contribution in [2.24, 2.45) is 0 Å². The molecule has 1 fully saturated rings. The number of anilines is 1. The number of rotatable bonds is 3. The highest BCUT2D eigenvalue weighted by molar-refractivity contribution is 5.68. The Morgan fingerprint density at radius 2 is 2.04 bits per heavy atom. The van der Waals surface area contributed by atoms with E-state index in [4.69, 9.17) is 4.74 Å². The van der Waals surface area contributed by atoms with Gasteiger partial charge in [-0.25, -0.2) is 19.2 Å². The number of likely N-dealkylation sites (tertiary alicyclic amines) is 1. The maximum atomic E-state index is 12.9. The number of likely N-dealkylation sites (N-methyl/N-ethyl adjacent to an activating group) is 1. The molecule has 6 nitrogen and oxygen atoms in total. The molecule has 0 aromatic carbocycles. The van der Waals surface area contributed by atoms with Gasteiger partial charge in [-0.2, -0.15) is 0 Å². The Balaban J connectivity index is 2.03. The first kappa shape index (κ1) is 17.4. The van der Waals surface area contributed by atoms with Gasteiger partial charge in [-0.15, -0.1) is 0 Å². The van der Waals surface area contributed by atoms with Gasteiger partial charge in [0.15, 0.2) is 5.82 Å². The van der Waals surface area contributed by atoms with Crippen LogP contribution in [0.25, 0.3) is 0 Å². The van der Waals surface area contributed by atoms with E-state index in [2.05, 4.69) is 9.97 Å². The third-order valence-corrected chi connectivity index (χ3v) is 3.69. The third-order valence-electron chi connectivity index (χ3n) is 3.69. The molecule has 128 valence electrons. The van der Waals surface area contributed by atoms with Crippen molar-refractivity contribution < 1.29 is 13.9 Å². The Hall–Kier alpha value is -1.92. The van der Waals surface area contributed by atoms with E-state index < -0.39 is 11.4 Å². The first-order chi connectivity index (χ1) is 10.8. The molecule has 0 spiro atoms. The summed E-state index contributed by atoms with van der Waals surface area (Å²) in [4.78, 5) is 24.0. The normalized spacial score (nSPS) is 18.7. The number of hydrogen-bond donors (Lipinski definition) is 0. The summed E-state index contributed by atoms with van der Waals surface area (Å²) >= 11 is 0. The van der Waals surface area contributed by atoms with Crippen LogP contribution >= 0.6 is 0 Å². The monoisotopic (exact) mass is 324 g/mol. The predicted octanol–water partition coefficient (Wildman–Crippen LogP) is 2.84. The van der Waals surface area contributed by atoms with Crippen LogP contribution < -0.4 is 4.90 Å². The van der Waals surface area contributed by atoms with Crippen molar-refractivity contribution in [3.8, 4) is 0 Å². The number of amides is 1. The molecule has 2 rings (SSSR count). The quantitative estimate of drug-likeness (QED) is 0.856. The highest BCUT2D eigenvalue weighted by atomic mass is 19.1. The van der Waals surface area contributed by atoms with Crippen LogP contribution in [0.4, 0.5) is 15.1 Å². The summed E-state index contributed by atoms with van der Waals surface area (Å²) in [6.45, 7) is 6.87. The number of piperidine rings is 1. The number of nitrogens with zero attached hydrogens (tertiary/aromatic N) is 4. The molecule has 23 heavy (non-hydrogen) atoms. The summed E-state index contributed by atoms with van der Waals surface area (Å²) in [5.41, 5.74) is -0.509. The lowest BCUT2D eigenvalue weighted by Gasteiger charge is -2.38. The van der Waals surface area contributed by atoms with E-state index in [9.17, 15) is 9.18 Å². The van der Waals surface area contributed by atoms with Gasteiger partial charge in [-0.3, -0.25) is 0 Å². The summed E-state index contributed by atoms with van der Waals surface area (Å²) < 4.78 is 18.4. The van der Waals surface area contributed by atoms with E-state index in [1.54, 1.807) is 4.90 Å². The van der Waals surface area contributed by atoms with Crippen molar-refractivity contribution in [3.63, 3.8) is 0 Å². The minimum absolute atomic E-state index is 0.0391. The average Bonchev–Trinajstić information content (AvgIpc) is 2.46. The van der Waals surface area contributed by atoms with Crippen LogP contribution in [0, 0.1) is 5.82 Å². The maximum absolute atomic E-state index is 12.9. The topological polar surface area (TPSA) is 58.6 Å². The SMILES string of the molecule is CN(C[C@H]1CCCCN1C(=O)OC(C)(C)C)c1ncc(F)cn1. The van der Waals surface area contributed by atoms with Crippen molar-refractivity contribution in [2.75, 3.05) is 25.0 Å². The molecule has 0 radical (unpaired) electrons. The highest BCUT2D eigenvalue weighted by Gasteiger charge is 2.31. The van der Waals surface area contributed by atoms with Crippen molar-refractivity contribution in [2.45, 2.75) is 51.7 Å². The first-order valence-electron chi connectivity index (χ1n) is 7.94. The van der Waals surface area contributed by atoms with Gasteiger partial charge in [0.2, 0.25) is 5.95 Å². The Kier molecular flexibility index (Phi) is 5.38. The number of hydrogen-bond acceptors (Lipinski definition) is 5. The third kappa shape index (κ3) is 5.04. The molecule has 1 saturated heterocycles. The summed E-state index contributed by atoms with van der Waals surface area (Å²) in [5.74, 6) is -0.0173. The van der Waals surface area contributed by atoms with Crippen molar-refractivity contribution >= 4 is 12.0 Å². The van der Waals surface area contributed by atoms with Crippen LogP contribution in [0.15, 0.2) is 12.4 Å². The Labute approximate surface area is 136 Å². The van der Waals surface area contributed by atoms with Crippen LogP contribution in [-0.2, 0) is 4.74 Å². The summed E-state index contributed by atoms with van der Waals surface area (Å²) in [6.07, 6.45) is 4.96. The lowest BCUT2D eigenvalue weighted by atomic mass is 10.0. The first-order valence-corrected chi connectivity index (χ1v) is 7.94. The molecule has 2 heterocycles. The van der Waals surface area contributed by atoms with E-state index >= 15 is 0 Å². The summed E-state index contributed by atoms with van der Waals surface area (Å²) in [5, 5.41) is 0. The molecule has 1 aliphatic heterocycles. The van der Waals surface area contributed by atoms with E-state index in [1.165, 1.54) is 0 Å². The zero-order chi connectivity index (χ0) is 17.0. The minimum Gasteiger partial charge on any atom is -0.444 e. The zero-order valence-electron chi connectivity index (χ0n) is 14.3. The van der Waals surface area contributed by atoms with Gasteiger partial charge < -0.3 is 14.5 Å². The Morgan fingerprint density at radius 3 is 2.65 bits per heavy atom. The molecule has 1 aromatic rings. The second-order valence-electron chi connectivity index (χ2n) is 6.91. The number of aromatic nitrogens is 2. The molecule has 1 aromatic heterocycles. The van der Waals surface area contributed by atoms with Crippen LogP contribution in [-0.4, -0.2) is 52.7 Å². The largest absolute Gasteiger partial charge is 0.444 e. The molecule has 0 unspecified atom stereocenters. The standard InChI is InChI=1S/C16H25FN4O2/c1-16(2,3)23-15(22)21-8-6-5-7-13(21)11-20(4)14-18-9-12(17)10-19-14/h9-10,13H,5-8,11H2,1-4H3/t13-/m1/s1. The number of carbonyl (C=O) groups excluding carboxylic acids is 1. The fraction of sp³-hybridized carbons (Fsp3) is 0.688. The molecule has 0 bridgehead atoms. The molecule has 1 amide bonds. The van der Waals surface area contributed by atoms with Gasteiger partial charge in [0, 0.05) is 20.1 Å². The lowest BCUT2D eigenvalue weighted by Crippen LogP contribution is -2.50.